The molecule has 1 unspecified atom stereocenters. The van der Waals surface area contributed by atoms with Crippen molar-refractivity contribution >= 4 is 5.97 Å². The largest absolute Gasteiger partial charge is 0.465 e. The second kappa shape index (κ2) is 3.22. The lowest BCUT2D eigenvalue weighted by Crippen LogP contribution is -2.37. The third kappa shape index (κ3) is 1.33. The Morgan fingerprint density at radius 2 is 2.18 bits per heavy atom. The topological polar surface area (TPSA) is 65.0 Å². The van der Waals surface area contributed by atoms with Crippen LogP contribution in [0.25, 0.3) is 0 Å². The minimum Gasteiger partial charge on any atom is -0.465 e. The van der Waals surface area contributed by atoms with E-state index in [0.717, 1.165) is 0 Å². The number of esters is 1. The van der Waals surface area contributed by atoms with E-state index in [-0.39, 0.29) is 18.0 Å². The molecule has 3 fully saturated rings. The van der Waals surface area contributed by atoms with Crippen molar-refractivity contribution in [3.63, 3.8) is 0 Å². The summed E-state index contributed by atoms with van der Waals surface area (Å²) in [6.07, 6.45) is -0.732. The molecule has 5 atom stereocenters. The van der Waals surface area contributed by atoms with E-state index in [1.807, 2.05) is 0 Å². The molecule has 1 aliphatic heterocycles. The van der Waals surface area contributed by atoms with Gasteiger partial charge in [-0.25, -0.2) is 0 Å². The van der Waals surface area contributed by atoms with Crippen molar-refractivity contribution in [2.24, 2.45) is 11.3 Å². The van der Waals surface area contributed by atoms with Crippen LogP contribution in [0.2, 0.25) is 0 Å². The number of hydrogen-bond acceptors (Lipinski definition) is 5. The predicted molar refractivity (Wildman–Crippen MR) is 57.0 cm³/mol. The maximum Gasteiger partial charge on any atom is 0.315 e. The van der Waals surface area contributed by atoms with Crippen molar-refractivity contribution in [3.8, 4) is 0 Å². The van der Waals surface area contributed by atoms with Crippen molar-refractivity contribution in [2.75, 3.05) is 6.61 Å². The number of hydrogen-bond donors (Lipinski definition) is 1. The number of carbonyl (C=O) groups is 1. The molecule has 0 aromatic heterocycles. The van der Waals surface area contributed by atoms with Gasteiger partial charge in [-0.15, -0.1) is 0 Å². The summed E-state index contributed by atoms with van der Waals surface area (Å²) >= 11 is 0. The minimum atomic E-state index is -0.733. The fraction of sp³-hybridized carbons (Fsp3) is 0.917. The molecule has 0 radical (unpaired) electrons. The van der Waals surface area contributed by atoms with Gasteiger partial charge in [0.2, 0.25) is 0 Å². The van der Waals surface area contributed by atoms with E-state index in [9.17, 15) is 9.90 Å². The van der Waals surface area contributed by atoms with Gasteiger partial charge in [0, 0.05) is 5.92 Å². The summed E-state index contributed by atoms with van der Waals surface area (Å²) < 4.78 is 16.6. The fourth-order valence-electron chi connectivity index (χ4n) is 3.34. The lowest BCUT2D eigenvalue weighted by Gasteiger charge is -2.21. The van der Waals surface area contributed by atoms with E-state index < -0.39 is 23.4 Å². The lowest BCUT2D eigenvalue weighted by atomic mass is 10.00. The maximum atomic E-state index is 12.0. The highest BCUT2D eigenvalue weighted by Crippen LogP contribution is 2.68. The molecule has 17 heavy (non-hydrogen) atoms. The van der Waals surface area contributed by atoms with E-state index in [1.165, 1.54) is 0 Å². The second-order valence-electron chi connectivity index (χ2n) is 5.58. The van der Waals surface area contributed by atoms with Gasteiger partial charge in [-0.2, -0.15) is 0 Å². The molecule has 2 saturated carbocycles. The number of fused-ring (bicyclic) bond motifs is 3. The summed E-state index contributed by atoms with van der Waals surface area (Å²) in [5, 5.41) is 10.1. The van der Waals surface area contributed by atoms with Gasteiger partial charge < -0.3 is 19.3 Å². The molecular weight excluding hydrogens is 224 g/mol. The van der Waals surface area contributed by atoms with Crippen LogP contribution < -0.4 is 0 Å². The van der Waals surface area contributed by atoms with Gasteiger partial charge in [-0.3, -0.25) is 4.79 Å². The van der Waals surface area contributed by atoms with Crippen LogP contribution in [-0.2, 0) is 19.0 Å². The molecule has 1 saturated heterocycles. The molecule has 3 rings (SSSR count). The highest BCUT2D eigenvalue weighted by atomic mass is 16.8. The zero-order valence-corrected chi connectivity index (χ0v) is 10.3. The van der Waals surface area contributed by atoms with Crippen LogP contribution >= 0.6 is 0 Å². The second-order valence-corrected chi connectivity index (χ2v) is 5.58. The van der Waals surface area contributed by atoms with Gasteiger partial charge in [0.15, 0.2) is 5.79 Å². The van der Waals surface area contributed by atoms with Crippen molar-refractivity contribution in [1.29, 1.82) is 0 Å². The number of rotatable bonds is 2. The molecular formula is C12H18O5. The van der Waals surface area contributed by atoms with Crippen LogP contribution in [-0.4, -0.2) is 41.8 Å². The van der Waals surface area contributed by atoms with Gasteiger partial charge in [-0.1, -0.05) is 0 Å². The first-order valence-electron chi connectivity index (χ1n) is 6.13. The molecule has 5 heteroatoms. The summed E-state index contributed by atoms with van der Waals surface area (Å²) in [4.78, 5) is 12.0. The molecule has 3 aliphatic rings. The number of ether oxygens (including phenoxy) is 3. The summed E-state index contributed by atoms with van der Waals surface area (Å²) in [6, 6.07) is 0. The van der Waals surface area contributed by atoms with E-state index in [4.69, 9.17) is 14.2 Å². The van der Waals surface area contributed by atoms with Gasteiger partial charge in [0.1, 0.15) is 17.6 Å². The highest BCUT2D eigenvalue weighted by molar-refractivity contribution is 5.83. The SMILES string of the molecule is CCOC(=O)[C@]12CC1[C@H](O)[C@@H]1OC(C)(C)O[C@@H]12. The van der Waals surface area contributed by atoms with Crippen LogP contribution in [0.4, 0.5) is 0 Å². The Morgan fingerprint density at radius 3 is 2.82 bits per heavy atom. The molecule has 0 aromatic carbocycles. The first-order chi connectivity index (χ1) is 7.92. The standard InChI is InChI=1S/C12H18O5/c1-4-15-10(14)12-5-6(12)7(13)8-9(12)17-11(2,3)16-8/h6-9,13H,4-5H2,1-3H3/t6?,7-,8-,9-,12+/m0/s1. The van der Waals surface area contributed by atoms with Crippen LogP contribution in [0, 0.1) is 11.3 Å². The number of carbonyl (C=O) groups excluding carboxylic acids is 1. The van der Waals surface area contributed by atoms with Crippen molar-refractivity contribution in [2.45, 2.75) is 51.3 Å². The molecule has 5 nitrogen and oxygen atoms in total. The minimum absolute atomic E-state index is 0.0624. The molecule has 0 spiro atoms. The average molecular weight is 242 g/mol. The quantitative estimate of drug-likeness (QED) is 0.712. The Labute approximate surface area is 100 Å². The first kappa shape index (κ1) is 11.4. The van der Waals surface area contributed by atoms with Crippen molar-refractivity contribution in [3.05, 3.63) is 0 Å². The molecule has 0 bridgehead atoms. The average Bonchev–Trinajstić information content (AvgIpc) is 2.85. The van der Waals surface area contributed by atoms with E-state index in [2.05, 4.69) is 0 Å². The first-order valence-corrected chi connectivity index (χ1v) is 6.13. The Balaban J connectivity index is 1.87. The van der Waals surface area contributed by atoms with Gasteiger partial charge >= 0.3 is 5.97 Å². The van der Waals surface area contributed by atoms with Crippen LogP contribution in [0.5, 0.6) is 0 Å². The van der Waals surface area contributed by atoms with E-state index >= 15 is 0 Å². The maximum absolute atomic E-state index is 12.0. The normalized spacial score (nSPS) is 49.6. The van der Waals surface area contributed by atoms with Gasteiger partial charge in [-0.05, 0) is 27.2 Å². The van der Waals surface area contributed by atoms with Crippen molar-refractivity contribution < 1.29 is 24.1 Å². The highest BCUT2D eigenvalue weighted by Gasteiger charge is 2.79. The Morgan fingerprint density at radius 1 is 1.47 bits per heavy atom. The van der Waals surface area contributed by atoms with E-state index in [1.54, 1.807) is 20.8 Å². The third-order valence-electron chi connectivity index (χ3n) is 4.10. The Kier molecular flexibility index (Phi) is 2.16. The monoisotopic (exact) mass is 242 g/mol. The van der Waals surface area contributed by atoms with E-state index in [0.29, 0.717) is 13.0 Å². The van der Waals surface area contributed by atoms with Gasteiger partial charge in [0.25, 0.3) is 0 Å². The van der Waals surface area contributed by atoms with Crippen LogP contribution in [0.1, 0.15) is 27.2 Å². The molecule has 0 amide bonds. The Bertz CT molecular complexity index is 366. The lowest BCUT2D eigenvalue weighted by molar-refractivity contribution is -0.176. The summed E-state index contributed by atoms with van der Waals surface area (Å²) in [7, 11) is 0. The molecule has 2 aliphatic carbocycles. The van der Waals surface area contributed by atoms with Crippen LogP contribution in [0.15, 0.2) is 0 Å². The summed E-state index contributed by atoms with van der Waals surface area (Å²) in [6.45, 7) is 5.73. The third-order valence-corrected chi connectivity index (χ3v) is 4.10. The van der Waals surface area contributed by atoms with Crippen LogP contribution in [0.3, 0.4) is 0 Å². The zero-order chi connectivity index (χ0) is 12.4. The number of aliphatic hydroxyl groups is 1. The Hall–Kier alpha value is -0.650. The molecule has 1 N–H and O–H groups in total. The summed E-state index contributed by atoms with van der Waals surface area (Å²) in [5.74, 6) is -1.05. The smallest absolute Gasteiger partial charge is 0.315 e. The zero-order valence-electron chi connectivity index (χ0n) is 10.3. The fourth-order valence-corrected chi connectivity index (χ4v) is 3.34. The molecule has 1 heterocycles. The predicted octanol–water partition coefficient (Wildman–Crippen LogP) is 0.450. The summed E-state index contributed by atoms with van der Waals surface area (Å²) in [5.41, 5.74) is -0.659. The van der Waals surface area contributed by atoms with Gasteiger partial charge in [0.05, 0.1) is 12.7 Å². The number of aliphatic hydroxyl groups excluding tert-OH is 1. The molecule has 0 aromatic rings. The molecule has 96 valence electrons. The van der Waals surface area contributed by atoms with Crippen molar-refractivity contribution in [1.82, 2.24) is 0 Å².